The summed E-state index contributed by atoms with van der Waals surface area (Å²) in [6, 6.07) is 0. The van der Waals surface area contributed by atoms with Crippen LogP contribution in [0.1, 0.15) is 31.5 Å². The second-order valence-corrected chi connectivity index (χ2v) is 3.62. The third-order valence-electron chi connectivity index (χ3n) is 2.66. The first-order valence-corrected chi connectivity index (χ1v) is 4.39. The topological polar surface area (TPSA) is 109 Å². The number of hydrogen-bond donors (Lipinski definition) is 3. The van der Waals surface area contributed by atoms with Crippen molar-refractivity contribution >= 4 is 5.95 Å². The Hall–Kier alpha value is -1.30. The Bertz CT molecular complexity index is 311. The normalized spacial score (nSPS) is 20.7. The van der Waals surface area contributed by atoms with Crippen LogP contribution in [0.2, 0.25) is 0 Å². The number of nitrogens with zero attached hydrogens (tertiary/aromatic N) is 3. The number of rotatable bonds is 1. The van der Waals surface area contributed by atoms with Crippen molar-refractivity contribution in [2.24, 2.45) is 5.73 Å². The highest BCUT2D eigenvalue weighted by atomic mass is 15.5. The Morgan fingerprint density at radius 3 is 2.31 bits per heavy atom. The molecule has 1 aliphatic rings. The molecule has 0 aromatic carbocycles. The van der Waals surface area contributed by atoms with Gasteiger partial charge < -0.3 is 17.3 Å². The van der Waals surface area contributed by atoms with Gasteiger partial charge in [0, 0.05) is 0 Å². The molecule has 1 heterocycles. The van der Waals surface area contributed by atoms with Gasteiger partial charge in [-0.3, -0.25) is 0 Å². The Morgan fingerprint density at radius 1 is 1.23 bits per heavy atom. The quantitative estimate of drug-likeness (QED) is 0.498. The first-order valence-electron chi connectivity index (χ1n) is 4.39. The zero-order valence-corrected chi connectivity index (χ0v) is 7.40. The van der Waals surface area contributed by atoms with E-state index in [1.165, 1.54) is 4.68 Å². The molecule has 6 heteroatoms. The molecule has 1 aromatic rings. The van der Waals surface area contributed by atoms with E-state index < -0.39 is 5.54 Å². The summed E-state index contributed by atoms with van der Waals surface area (Å²) in [5, 5.41) is 7.60. The van der Waals surface area contributed by atoms with E-state index in [-0.39, 0.29) is 5.95 Å². The Labute approximate surface area is 76.1 Å². The lowest BCUT2D eigenvalue weighted by molar-refractivity contribution is 0.421. The molecule has 0 bridgehead atoms. The molecule has 1 aromatic heterocycles. The molecular formula is C7H14N6. The maximum atomic E-state index is 6.14. The smallest absolute Gasteiger partial charge is 0.240 e. The highest BCUT2D eigenvalue weighted by Gasteiger charge is 2.36. The maximum absolute atomic E-state index is 6.14. The van der Waals surface area contributed by atoms with Crippen LogP contribution < -0.4 is 17.3 Å². The van der Waals surface area contributed by atoms with Gasteiger partial charge in [0.15, 0.2) is 5.82 Å². The Balaban J connectivity index is 2.39. The number of nitrogen functional groups attached to an aromatic ring is 2. The van der Waals surface area contributed by atoms with Crippen LogP contribution in [0.25, 0.3) is 0 Å². The van der Waals surface area contributed by atoms with Gasteiger partial charge in [0.05, 0.1) is 5.54 Å². The second kappa shape index (κ2) is 2.59. The molecule has 0 atom stereocenters. The van der Waals surface area contributed by atoms with Crippen molar-refractivity contribution in [1.82, 2.24) is 14.9 Å². The molecule has 1 aliphatic carbocycles. The van der Waals surface area contributed by atoms with Crippen LogP contribution in [0.3, 0.4) is 0 Å². The number of nitrogens with two attached hydrogens (primary N) is 3. The van der Waals surface area contributed by atoms with E-state index in [9.17, 15) is 0 Å². The van der Waals surface area contributed by atoms with Crippen LogP contribution in [0, 0.1) is 0 Å². The zero-order chi connectivity index (χ0) is 9.47. The minimum atomic E-state index is -0.417. The number of hydrogen-bond acceptors (Lipinski definition) is 5. The molecule has 0 amide bonds. The number of anilines is 1. The van der Waals surface area contributed by atoms with E-state index in [4.69, 9.17) is 17.3 Å². The summed E-state index contributed by atoms with van der Waals surface area (Å²) in [5.41, 5.74) is 11.2. The molecule has 1 fully saturated rings. The van der Waals surface area contributed by atoms with E-state index >= 15 is 0 Å². The maximum Gasteiger partial charge on any atom is 0.240 e. The molecule has 1 saturated carbocycles. The van der Waals surface area contributed by atoms with Crippen LogP contribution in [-0.4, -0.2) is 14.9 Å². The molecule has 0 unspecified atom stereocenters. The Kier molecular flexibility index (Phi) is 1.66. The molecule has 0 radical (unpaired) electrons. The third kappa shape index (κ3) is 1.14. The van der Waals surface area contributed by atoms with Crippen LogP contribution in [0.5, 0.6) is 0 Å². The predicted octanol–water partition coefficient (Wildman–Crippen LogP) is -0.698. The molecule has 0 saturated heterocycles. The molecular weight excluding hydrogens is 168 g/mol. The monoisotopic (exact) mass is 182 g/mol. The SMILES string of the molecule is Nc1nnc(C2(N)CCCC2)n1N. The van der Waals surface area contributed by atoms with Gasteiger partial charge in [0.25, 0.3) is 0 Å². The highest BCUT2D eigenvalue weighted by molar-refractivity contribution is 5.22. The summed E-state index contributed by atoms with van der Waals surface area (Å²) >= 11 is 0. The zero-order valence-electron chi connectivity index (χ0n) is 7.40. The fourth-order valence-electron chi connectivity index (χ4n) is 1.87. The van der Waals surface area contributed by atoms with Crippen LogP contribution in [0.4, 0.5) is 5.95 Å². The fourth-order valence-corrected chi connectivity index (χ4v) is 1.87. The van der Waals surface area contributed by atoms with E-state index in [1.54, 1.807) is 0 Å². The van der Waals surface area contributed by atoms with Gasteiger partial charge in [0.2, 0.25) is 5.95 Å². The van der Waals surface area contributed by atoms with Crippen molar-refractivity contribution in [1.29, 1.82) is 0 Å². The molecule has 6 N–H and O–H groups in total. The average molecular weight is 182 g/mol. The lowest BCUT2D eigenvalue weighted by Crippen LogP contribution is -2.38. The van der Waals surface area contributed by atoms with Crippen LogP contribution in [-0.2, 0) is 5.54 Å². The van der Waals surface area contributed by atoms with Crippen LogP contribution in [0.15, 0.2) is 0 Å². The largest absolute Gasteiger partial charge is 0.366 e. The molecule has 72 valence electrons. The van der Waals surface area contributed by atoms with Crippen LogP contribution >= 0.6 is 0 Å². The van der Waals surface area contributed by atoms with E-state index in [0.29, 0.717) is 5.82 Å². The summed E-state index contributed by atoms with van der Waals surface area (Å²) in [6.07, 6.45) is 4.04. The summed E-state index contributed by atoms with van der Waals surface area (Å²) in [7, 11) is 0. The van der Waals surface area contributed by atoms with E-state index in [2.05, 4.69) is 10.2 Å². The second-order valence-electron chi connectivity index (χ2n) is 3.62. The van der Waals surface area contributed by atoms with Crippen molar-refractivity contribution < 1.29 is 0 Å². The standard InChI is InChI=1S/C7H14N6/c8-6-12-11-5(13(6)10)7(9)3-1-2-4-7/h1-4,9-10H2,(H2,8,12). The van der Waals surface area contributed by atoms with Crippen molar-refractivity contribution in [3.8, 4) is 0 Å². The van der Waals surface area contributed by atoms with Gasteiger partial charge in [-0.15, -0.1) is 10.2 Å². The van der Waals surface area contributed by atoms with Gasteiger partial charge >= 0.3 is 0 Å². The van der Waals surface area contributed by atoms with Gasteiger partial charge in [0.1, 0.15) is 0 Å². The summed E-state index contributed by atoms with van der Waals surface area (Å²) < 4.78 is 1.28. The van der Waals surface area contributed by atoms with E-state index in [0.717, 1.165) is 25.7 Å². The molecule has 2 rings (SSSR count). The van der Waals surface area contributed by atoms with Crippen molar-refractivity contribution in [2.45, 2.75) is 31.2 Å². The predicted molar refractivity (Wildman–Crippen MR) is 48.9 cm³/mol. The first kappa shape index (κ1) is 8.31. The summed E-state index contributed by atoms with van der Waals surface area (Å²) in [6.45, 7) is 0. The van der Waals surface area contributed by atoms with Crippen molar-refractivity contribution in [3.05, 3.63) is 5.82 Å². The Morgan fingerprint density at radius 2 is 1.85 bits per heavy atom. The van der Waals surface area contributed by atoms with Crippen molar-refractivity contribution in [3.63, 3.8) is 0 Å². The fraction of sp³-hybridized carbons (Fsp3) is 0.714. The number of aromatic nitrogens is 3. The average Bonchev–Trinajstić information content (AvgIpc) is 2.63. The lowest BCUT2D eigenvalue weighted by Gasteiger charge is -2.21. The summed E-state index contributed by atoms with van der Waals surface area (Å²) in [4.78, 5) is 0. The molecule has 0 aliphatic heterocycles. The molecule has 6 nitrogen and oxygen atoms in total. The van der Waals surface area contributed by atoms with Crippen molar-refractivity contribution in [2.75, 3.05) is 11.6 Å². The summed E-state index contributed by atoms with van der Waals surface area (Å²) in [5.74, 6) is 6.47. The van der Waals surface area contributed by atoms with Gasteiger partial charge in [-0.25, -0.2) is 4.68 Å². The minimum Gasteiger partial charge on any atom is -0.366 e. The third-order valence-corrected chi connectivity index (χ3v) is 2.66. The first-order chi connectivity index (χ1) is 6.13. The van der Waals surface area contributed by atoms with E-state index in [1.807, 2.05) is 0 Å². The minimum absolute atomic E-state index is 0.215. The molecule has 0 spiro atoms. The highest BCUT2D eigenvalue weighted by Crippen LogP contribution is 2.34. The van der Waals surface area contributed by atoms with Gasteiger partial charge in [-0.1, -0.05) is 12.8 Å². The van der Waals surface area contributed by atoms with Gasteiger partial charge in [-0.2, -0.15) is 0 Å². The molecule has 13 heavy (non-hydrogen) atoms. The lowest BCUT2D eigenvalue weighted by atomic mass is 9.98. The van der Waals surface area contributed by atoms with Gasteiger partial charge in [-0.05, 0) is 12.8 Å².